The first-order chi connectivity index (χ1) is 11.1. The summed E-state index contributed by atoms with van der Waals surface area (Å²) in [5.74, 6) is -1.02. The lowest BCUT2D eigenvalue weighted by Crippen LogP contribution is -2.56. The highest BCUT2D eigenvalue weighted by Crippen LogP contribution is 2.22. The highest BCUT2D eigenvalue weighted by atomic mass is 19.2. The second-order valence-electron chi connectivity index (χ2n) is 5.25. The third-order valence-corrected chi connectivity index (χ3v) is 3.67. The average molecular weight is 319 g/mol. The fraction of sp³-hybridized carbons (Fsp3) is 0.235. The molecule has 23 heavy (non-hydrogen) atoms. The Bertz CT molecular complexity index is 712. The molecule has 3 rings (SSSR count). The van der Waals surface area contributed by atoms with Crippen molar-refractivity contribution < 1.29 is 23.0 Å². The summed E-state index contributed by atoms with van der Waals surface area (Å²) in [6.45, 7) is 0.813. The average Bonchev–Trinajstić information content (AvgIpc) is 2.53. The zero-order valence-corrected chi connectivity index (χ0v) is 12.5. The number of benzene rings is 2. The van der Waals surface area contributed by atoms with Gasteiger partial charge in [-0.25, -0.2) is 8.78 Å². The molecular formula is C17H15F2NO3. The quantitative estimate of drug-likeness (QED) is 0.870. The molecule has 6 heteroatoms. The first-order valence-corrected chi connectivity index (χ1v) is 7.12. The molecule has 0 aliphatic carbocycles. The molecule has 0 saturated carbocycles. The maximum Gasteiger partial charge on any atom is 0.254 e. The van der Waals surface area contributed by atoms with Crippen molar-refractivity contribution in [2.75, 3.05) is 20.2 Å². The van der Waals surface area contributed by atoms with E-state index in [9.17, 15) is 13.6 Å². The third-order valence-electron chi connectivity index (χ3n) is 3.67. The number of halogens is 2. The number of hydrogen-bond acceptors (Lipinski definition) is 3. The molecule has 1 heterocycles. The Balaban J connectivity index is 1.55. The maximum atomic E-state index is 13.1. The zero-order chi connectivity index (χ0) is 16.4. The number of amides is 1. The van der Waals surface area contributed by atoms with Crippen molar-refractivity contribution in [3.05, 3.63) is 59.7 Å². The van der Waals surface area contributed by atoms with Crippen molar-refractivity contribution in [2.24, 2.45) is 0 Å². The van der Waals surface area contributed by atoms with Gasteiger partial charge in [0.25, 0.3) is 5.91 Å². The van der Waals surface area contributed by atoms with E-state index in [0.717, 1.165) is 12.1 Å². The molecule has 1 fully saturated rings. The monoisotopic (exact) mass is 319 g/mol. The largest absolute Gasteiger partial charge is 0.497 e. The first-order valence-electron chi connectivity index (χ1n) is 7.12. The number of ether oxygens (including phenoxy) is 2. The van der Waals surface area contributed by atoms with Crippen LogP contribution in [0.25, 0.3) is 0 Å². The highest BCUT2D eigenvalue weighted by molar-refractivity contribution is 5.94. The van der Waals surface area contributed by atoms with Gasteiger partial charge in [0.15, 0.2) is 11.6 Å². The van der Waals surface area contributed by atoms with E-state index in [0.29, 0.717) is 24.4 Å². The van der Waals surface area contributed by atoms with Gasteiger partial charge in [-0.15, -0.1) is 0 Å². The molecule has 0 radical (unpaired) electrons. The van der Waals surface area contributed by atoms with E-state index < -0.39 is 11.6 Å². The fourth-order valence-corrected chi connectivity index (χ4v) is 2.34. The Hall–Kier alpha value is -2.63. The number of carbonyl (C=O) groups is 1. The minimum Gasteiger partial charge on any atom is -0.497 e. The van der Waals surface area contributed by atoms with Gasteiger partial charge < -0.3 is 14.4 Å². The molecule has 1 amide bonds. The van der Waals surface area contributed by atoms with Crippen molar-refractivity contribution in [1.29, 1.82) is 0 Å². The summed E-state index contributed by atoms with van der Waals surface area (Å²) in [5.41, 5.74) is 0.567. The molecule has 0 atom stereocenters. The van der Waals surface area contributed by atoms with Crippen molar-refractivity contribution in [3.8, 4) is 11.5 Å². The van der Waals surface area contributed by atoms with Gasteiger partial charge in [0.05, 0.1) is 20.2 Å². The lowest BCUT2D eigenvalue weighted by atomic mass is 10.1. The summed E-state index contributed by atoms with van der Waals surface area (Å²) in [4.78, 5) is 13.9. The van der Waals surface area contributed by atoms with Gasteiger partial charge in [-0.3, -0.25) is 4.79 Å². The van der Waals surface area contributed by atoms with Crippen LogP contribution >= 0.6 is 0 Å². The van der Waals surface area contributed by atoms with Crippen LogP contribution < -0.4 is 9.47 Å². The Labute approximate surface area is 132 Å². The zero-order valence-electron chi connectivity index (χ0n) is 12.5. The van der Waals surface area contributed by atoms with Crippen LogP contribution in [-0.4, -0.2) is 37.1 Å². The molecule has 2 aromatic carbocycles. The van der Waals surface area contributed by atoms with Gasteiger partial charge in [-0.2, -0.15) is 0 Å². The molecule has 1 aliphatic heterocycles. The Morgan fingerprint density at radius 1 is 1.04 bits per heavy atom. The predicted molar refractivity (Wildman–Crippen MR) is 79.7 cm³/mol. The Morgan fingerprint density at radius 3 is 2.30 bits per heavy atom. The van der Waals surface area contributed by atoms with Crippen molar-refractivity contribution in [2.45, 2.75) is 6.10 Å². The molecule has 4 nitrogen and oxygen atoms in total. The van der Waals surface area contributed by atoms with Crippen LogP contribution in [0.2, 0.25) is 0 Å². The normalized spacial score (nSPS) is 14.3. The van der Waals surface area contributed by atoms with Crippen LogP contribution in [-0.2, 0) is 0 Å². The molecule has 0 bridgehead atoms. The van der Waals surface area contributed by atoms with Crippen LogP contribution in [0.15, 0.2) is 42.5 Å². The van der Waals surface area contributed by atoms with Crippen LogP contribution in [0.3, 0.4) is 0 Å². The Morgan fingerprint density at radius 2 is 1.70 bits per heavy atom. The van der Waals surface area contributed by atoms with Crippen molar-refractivity contribution in [1.82, 2.24) is 4.90 Å². The van der Waals surface area contributed by atoms with Crippen LogP contribution in [0.1, 0.15) is 10.4 Å². The predicted octanol–water partition coefficient (Wildman–Crippen LogP) is 2.88. The van der Waals surface area contributed by atoms with Gasteiger partial charge in [-0.05, 0) is 36.4 Å². The minimum atomic E-state index is -0.951. The van der Waals surface area contributed by atoms with E-state index in [1.165, 1.54) is 6.07 Å². The van der Waals surface area contributed by atoms with Crippen LogP contribution in [0.5, 0.6) is 11.5 Å². The summed E-state index contributed by atoms with van der Waals surface area (Å²) in [5, 5.41) is 0. The summed E-state index contributed by atoms with van der Waals surface area (Å²) in [7, 11) is 1.56. The van der Waals surface area contributed by atoms with Gasteiger partial charge in [0.2, 0.25) is 0 Å². The molecular weight excluding hydrogens is 304 g/mol. The second kappa shape index (κ2) is 6.24. The fourth-order valence-electron chi connectivity index (χ4n) is 2.34. The molecule has 1 aliphatic rings. The van der Waals surface area contributed by atoms with Gasteiger partial charge >= 0.3 is 0 Å². The topological polar surface area (TPSA) is 38.8 Å². The van der Waals surface area contributed by atoms with Crippen LogP contribution in [0, 0.1) is 11.6 Å². The molecule has 2 aromatic rings. The standard InChI is InChI=1S/C17H15F2NO3/c1-22-12-4-2-11(3-5-12)17(21)20-9-14(10-20)23-13-6-7-15(18)16(19)8-13/h2-8,14H,9-10H2,1H3. The number of carbonyl (C=O) groups excluding carboxylic acids is 1. The third kappa shape index (κ3) is 3.26. The van der Waals surface area contributed by atoms with E-state index in [4.69, 9.17) is 9.47 Å². The highest BCUT2D eigenvalue weighted by Gasteiger charge is 2.32. The van der Waals surface area contributed by atoms with Crippen LogP contribution in [0.4, 0.5) is 8.78 Å². The summed E-state index contributed by atoms with van der Waals surface area (Å²) in [6.07, 6.45) is -0.220. The van der Waals surface area contributed by atoms with Gasteiger partial charge in [0.1, 0.15) is 17.6 Å². The number of rotatable bonds is 4. The van der Waals surface area contributed by atoms with E-state index in [1.54, 1.807) is 36.3 Å². The number of likely N-dealkylation sites (tertiary alicyclic amines) is 1. The minimum absolute atomic E-state index is 0.0993. The first kappa shape index (κ1) is 15.3. The number of hydrogen-bond donors (Lipinski definition) is 0. The van der Waals surface area contributed by atoms with E-state index in [-0.39, 0.29) is 17.8 Å². The number of methoxy groups -OCH3 is 1. The maximum absolute atomic E-state index is 13.1. The summed E-state index contributed by atoms with van der Waals surface area (Å²) >= 11 is 0. The van der Waals surface area contributed by atoms with E-state index >= 15 is 0 Å². The van der Waals surface area contributed by atoms with Crippen molar-refractivity contribution in [3.63, 3.8) is 0 Å². The smallest absolute Gasteiger partial charge is 0.254 e. The molecule has 0 unspecified atom stereocenters. The van der Waals surface area contributed by atoms with E-state index in [1.807, 2.05) is 0 Å². The summed E-state index contributed by atoms with van der Waals surface area (Å²) in [6, 6.07) is 10.2. The van der Waals surface area contributed by atoms with Gasteiger partial charge in [-0.1, -0.05) is 0 Å². The molecule has 120 valence electrons. The molecule has 0 spiro atoms. The molecule has 1 saturated heterocycles. The lowest BCUT2D eigenvalue weighted by molar-refractivity contribution is 0.0176. The number of nitrogens with zero attached hydrogens (tertiary/aromatic N) is 1. The Kier molecular flexibility index (Phi) is 4.14. The summed E-state index contributed by atoms with van der Waals surface area (Å²) < 4.78 is 36.5. The van der Waals surface area contributed by atoms with E-state index in [2.05, 4.69) is 0 Å². The SMILES string of the molecule is COc1ccc(C(=O)N2CC(Oc3ccc(F)c(F)c3)C2)cc1. The molecule has 0 aromatic heterocycles. The molecule has 0 N–H and O–H groups in total. The lowest BCUT2D eigenvalue weighted by Gasteiger charge is -2.39. The van der Waals surface area contributed by atoms with Gasteiger partial charge in [0, 0.05) is 11.6 Å². The second-order valence-corrected chi connectivity index (χ2v) is 5.25. The van der Waals surface area contributed by atoms with Crippen molar-refractivity contribution >= 4 is 5.91 Å².